The van der Waals surface area contributed by atoms with E-state index >= 15 is 0 Å². The summed E-state index contributed by atoms with van der Waals surface area (Å²) in [5, 5.41) is 12.8. The van der Waals surface area contributed by atoms with Crippen molar-refractivity contribution in [1.82, 2.24) is 20.2 Å². The molecule has 5 N–H and O–H groups in total. The molecule has 0 aliphatic carbocycles. The van der Waals surface area contributed by atoms with Crippen molar-refractivity contribution in [2.75, 3.05) is 0 Å². The number of amides is 2. The van der Waals surface area contributed by atoms with E-state index < -0.39 is 12.1 Å². The van der Waals surface area contributed by atoms with E-state index in [0.29, 0.717) is 25.2 Å². The Bertz CT molecular complexity index is 1420. The van der Waals surface area contributed by atoms with Crippen molar-refractivity contribution in [3.63, 3.8) is 0 Å². The van der Waals surface area contributed by atoms with Crippen LogP contribution in [0.1, 0.15) is 33.6 Å². The number of nitrogens with zero attached hydrogens (tertiary/aromatic N) is 2. The van der Waals surface area contributed by atoms with Gasteiger partial charge in [0.1, 0.15) is 17.6 Å². The molecule has 4 aromatic rings. The first-order valence-corrected chi connectivity index (χ1v) is 12.4. The van der Waals surface area contributed by atoms with Gasteiger partial charge in [0.15, 0.2) is 0 Å². The van der Waals surface area contributed by atoms with E-state index in [9.17, 15) is 14.7 Å². The van der Waals surface area contributed by atoms with E-state index in [4.69, 9.17) is 5.73 Å². The number of H-pyrrole nitrogens is 1. The lowest BCUT2D eigenvalue weighted by atomic mass is 9.91. The Kier molecular flexibility index (Phi) is 6.67. The molecule has 2 heterocycles. The topological polar surface area (TPSA) is 124 Å². The van der Waals surface area contributed by atoms with Crippen LogP contribution in [0.25, 0.3) is 11.0 Å². The van der Waals surface area contributed by atoms with Crippen LogP contribution in [-0.4, -0.2) is 43.9 Å². The van der Waals surface area contributed by atoms with Crippen molar-refractivity contribution in [3.8, 4) is 5.75 Å². The molecule has 1 aromatic heterocycles. The highest BCUT2D eigenvalue weighted by atomic mass is 16.3. The molecule has 0 spiro atoms. The molecule has 1 aliphatic heterocycles. The van der Waals surface area contributed by atoms with Crippen LogP contribution in [0.3, 0.4) is 0 Å². The number of hydrogen-bond donors (Lipinski definition) is 4. The van der Waals surface area contributed by atoms with E-state index in [1.807, 2.05) is 62.4 Å². The third-order valence-corrected chi connectivity index (χ3v) is 7.12. The molecule has 2 unspecified atom stereocenters. The van der Waals surface area contributed by atoms with Gasteiger partial charge in [-0.1, -0.05) is 36.4 Å². The second-order valence-electron chi connectivity index (χ2n) is 9.74. The number of carbonyl (C=O) groups excluding carboxylic acids is 2. The number of hydrogen-bond acceptors (Lipinski definition) is 5. The molecule has 5 rings (SSSR count). The van der Waals surface area contributed by atoms with Gasteiger partial charge in [0.05, 0.1) is 23.6 Å². The van der Waals surface area contributed by atoms with Gasteiger partial charge in [0, 0.05) is 13.0 Å². The highest BCUT2D eigenvalue weighted by Gasteiger charge is 2.36. The molecule has 190 valence electrons. The summed E-state index contributed by atoms with van der Waals surface area (Å²) >= 11 is 0. The fourth-order valence-electron chi connectivity index (χ4n) is 5.18. The quantitative estimate of drug-likeness (QED) is 0.326. The highest BCUT2D eigenvalue weighted by molar-refractivity contribution is 5.90. The van der Waals surface area contributed by atoms with E-state index in [1.54, 1.807) is 17.0 Å². The summed E-state index contributed by atoms with van der Waals surface area (Å²) in [5.74, 6) is 0.323. The number of nitrogens with one attached hydrogen (secondary N) is 2. The van der Waals surface area contributed by atoms with Crippen LogP contribution in [0.4, 0.5) is 0 Å². The van der Waals surface area contributed by atoms with Crippen LogP contribution >= 0.6 is 0 Å². The molecule has 37 heavy (non-hydrogen) atoms. The summed E-state index contributed by atoms with van der Waals surface area (Å²) in [6, 6.07) is 17.4. The van der Waals surface area contributed by atoms with Crippen LogP contribution < -0.4 is 11.1 Å². The van der Waals surface area contributed by atoms with Crippen molar-refractivity contribution >= 4 is 22.8 Å². The van der Waals surface area contributed by atoms with Gasteiger partial charge in [-0.25, -0.2) is 4.98 Å². The SMILES string of the molecule is Cc1cc(O)cc(C)c1CC(N)C(=O)N1Cc2ccccc2CC1C(=O)NCc1nc2ccccc2[nH]1. The van der Waals surface area contributed by atoms with Crippen molar-refractivity contribution < 1.29 is 14.7 Å². The Morgan fingerprint density at radius 2 is 1.78 bits per heavy atom. The predicted molar refractivity (Wildman–Crippen MR) is 142 cm³/mol. The Labute approximate surface area is 215 Å². The average Bonchev–Trinajstić information content (AvgIpc) is 3.31. The number of aromatic amines is 1. The number of nitrogens with two attached hydrogens (primary N) is 1. The van der Waals surface area contributed by atoms with Gasteiger partial charge in [-0.05, 0) is 72.4 Å². The lowest BCUT2D eigenvalue weighted by Gasteiger charge is -2.37. The molecule has 0 fully saturated rings. The predicted octanol–water partition coefficient (Wildman–Crippen LogP) is 3.03. The standard InChI is InChI=1S/C29H31N5O3/c1-17-11-21(35)12-18(2)22(17)14-23(30)29(37)34-16-20-8-4-3-7-19(20)13-26(34)28(36)31-15-27-32-24-9-5-6-10-25(24)33-27/h3-12,23,26,35H,13-16,30H2,1-2H3,(H,31,36)(H,32,33). The van der Waals surface area contributed by atoms with Gasteiger partial charge >= 0.3 is 0 Å². The van der Waals surface area contributed by atoms with E-state index in [-0.39, 0.29) is 24.1 Å². The van der Waals surface area contributed by atoms with Gasteiger partial charge in [-0.2, -0.15) is 0 Å². The number of aromatic hydroxyl groups is 1. The van der Waals surface area contributed by atoms with Gasteiger partial charge < -0.3 is 26.0 Å². The number of rotatable bonds is 6. The minimum Gasteiger partial charge on any atom is -0.508 e. The Balaban J connectivity index is 1.35. The van der Waals surface area contributed by atoms with Crippen LogP contribution in [0.5, 0.6) is 5.75 Å². The molecule has 0 saturated heterocycles. The molecule has 0 bridgehead atoms. The molecule has 8 nitrogen and oxygen atoms in total. The maximum absolute atomic E-state index is 13.7. The van der Waals surface area contributed by atoms with Gasteiger partial charge in [-0.15, -0.1) is 0 Å². The number of benzene rings is 3. The maximum atomic E-state index is 13.7. The molecule has 3 aromatic carbocycles. The second kappa shape index (κ2) is 10.1. The summed E-state index contributed by atoms with van der Waals surface area (Å²) in [6.07, 6.45) is 0.736. The zero-order valence-corrected chi connectivity index (χ0v) is 21.0. The minimum atomic E-state index is -0.821. The fraction of sp³-hybridized carbons (Fsp3) is 0.276. The number of fused-ring (bicyclic) bond motifs is 2. The molecule has 0 saturated carbocycles. The molecular weight excluding hydrogens is 466 g/mol. The number of carbonyl (C=O) groups is 2. The Morgan fingerprint density at radius 3 is 2.51 bits per heavy atom. The Hall–Kier alpha value is -4.17. The summed E-state index contributed by atoms with van der Waals surface area (Å²) in [5.41, 5.74) is 12.9. The Morgan fingerprint density at radius 1 is 1.11 bits per heavy atom. The van der Waals surface area contributed by atoms with Crippen LogP contribution in [0, 0.1) is 13.8 Å². The zero-order valence-electron chi connectivity index (χ0n) is 21.0. The molecule has 0 radical (unpaired) electrons. The number of aromatic nitrogens is 2. The summed E-state index contributed by atoms with van der Waals surface area (Å²) in [6.45, 7) is 4.33. The molecule has 2 atom stereocenters. The van der Waals surface area contributed by atoms with Gasteiger partial charge in [0.25, 0.3) is 0 Å². The maximum Gasteiger partial charge on any atom is 0.243 e. The monoisotopic (exact) mass is 497 g/mol. The van der Waals surface area contributed by atoms with Gasteiger partial charge in [-0.3, -0.25) is 9.59 Å². The van der Waals surface area contributed by atoms with Gasteiger partial charge in [0.2, 0.25) is 11.8 Å². The molecule has 2 amide bonds. The number of para-hydroxylation sites is 2. The van der Waals surface area contributed by atoms with E-state index in [0.717, 1.165) is 38.9 Å². The summed E-state index contributed by atoms with van der Waals surface area (Å²) in [4.78, 5) is 36.4. The van der Waals surface area contributed by atoms with E-state index in [2.05, 4.69) is 15.3 Å². The zero-order chi connectivity index (χ0) is 26.1. The van der Waals surface area contributed by atoms with Crippen molar-refractivity contribution in [1.29, 1.82) is 0 Å². The first kappa shape index (κ1) is 24.5. The third-order valence-electron chi connectivity index (χ3n) is 7.12. The average molecular weight is 498 g/mol. The molecular formula is C29H31N5O3. The second-order valence-corrected chi connectivity index (χ2v) is 9.74. The fourth-order valence-corrected chi connectivity index (χ4v) is 5.18. The first-order chi connectivity index (χ1) is 17.8. The van der Waals surface area contributed by atoms with Crippen LogP contribution in [0.15, 0.2) is 60.7 Å². The van der Waals surface area contributed by atoms with Crippen molar-refractivity contribution in [2.24, 2.45) is 5.73 Å². The smallest absolute Gasteiger partial charge is 0.243 e. The summed E-state index contributed by atoms with van der Waals surface area (Å²) < 4.78 is 0. The number of imidazole rings is 1. The van der Waals surface area contributed by atoms with Crippen molar-refractivity contribution in [2.45, 2.75) is 51.9 Å². The molecule has 1 aliphatic rings. The van der Waals surface area contributed by atoms with E-state index in [1.165, 1.54) is 0 Å². The first-order valence-electron chi connectivity index (χ1n) is 12.4. The van der Waals surface area contributed by atoms with Crippen molar-refractivity contribution in [3.05, 3.63) is 94.3 Å². The number of phenolic OH excluding ortho intramolecular Hbond substituents is 1. The molecule has 8 heteroatoms. The minimum absolute atomic E-state index is 0.187. The summed E-state index contributed by atoms with van der Waals surface area (Å²) in [7, 11) is 0. The lowest BCUT2D eigenvalue weighted by Crippen LogP contribution is -2.56. The highest BCUT2D eigenvalue weighted by Crippen LogP contribution is 2.26. The number of phenols is 1. The van der Waals surface area contributed by atoms with Crippen LogP contribution in [-0.2, 0) is 35.5 Å². The van der Waals surface area contributed by atoms with Crippen LogP contribution in [0.2, 0.25) is 0 Å². The lowest BCUT2D eigenvalue weighted by molar-refractivity contribution is -0.142. The third kappa shape index (κ3) is 5.06. The number of aryl methyl sites for hydroxylation is 2. The normalized spacial score (nSPS) is 15.9. The largest absolute Gasteiger partial charge is 0.508 e.